The molecule has 0 unspecified atom stereocenters. The van der Waals surface area contributed by atoms with E-state index in [2.05, 4.69) is 30.5 Å². The highest BCUT2D eigenvalue weighted by Crippen LogP contribution is 2.34. The molecule has 1 saturated carbocycles. The van der Waals surface area contributed by atoms with Gasteiger partial charge in [-0.2, -0.15) is 0 Å². The number of anilines is 1. The van der Waals surface area contributed by atoms with Crippen LogP contribution in [0.2, 0.25) is 0 Å². The summed E-state index contributed by atoms with van der Waals surface area (Å²) in [5.74, 6) is 1.64. The molecule has 4 rings (SSSR count). The maximum Gasteiger partial charge on any atom is 0.171 e. The molecule has 3 heterocycles. The molecular formula is C12H15N9. The van der Waals surface area contributed by atoms with Crippen molar-refractivity contribution in [1.29, 1.82) is 0 Å². The van der Waals surface area contributed by atoms with Crippen LogP contribution in [0.1, 0.15) is 24.7 Å². The van der Waals surface area contributed by atoms with E-state index in [9.17, 15) is 0 Å². The fourth-order valence-electron chi connectivity index (χ4n) is 2.38. The average molecular weight is 285 g/mol. The molecule has 9 nitrogen and oxygen atoms in total. The third-order valence-corrected chi connectivity index (χ3v) is 3.57. The zero-order chi connectivity index (χ0) is 14.4. The summed E-state index contributed by atoms with van der Waals surface area (Å²) < 4.78 is 3.86. The van der Waals surface area contributed by atoms with Gasteiger partial charge in [0.2, 0.25) is 0 Å². The zero-order valence-corrected chi connectivity index (χ0v) is 11.9. The first kappa shape index (κ1) is 12.2. The first-order valence-electron chi connectivity index (χ1n) is 6.84. The summed E-state index contributed by atoms with van der Waals surface area (Å²) in [5, 5.41) is 12.0. The van der Waals surface area contributed by atoms with Crippen molar-refractivity contribution in [1.82, 2.24) is 39.7 Å². The van der Waals surface area contributed by atoms with Gasteiger partial charge in [-0.15, -0.1) is 5.10 Å². The van der Waals surface area contributed by atoms with E-state index >= 15 is 0 Å². The van der Waals surface area contributed by atoms with Crippen molar-refractivity contribution in [3.63, 3.8) is 0 Å². The van der Waals surface area contributed by atoms with E-state index in [-0.39, 0.29) is 0 Å². The van der Waals surface area contributed by atoms with Gasteiger partial charge >= 0.3 is 0 Å². The first-order chi connectivity index (χ1) is 10.2. The fourth-order valence-corrected chi connectivity index (χ4v) is 2.38. The number of rotatable bonds is 4. The molecule has 0 bridgehead atoms. The van der Waals surface area contributed by atoms with E-state index in [1.807, 2.05) is 28.2 Å². The third-order valence-electron chi connectivity index (χ3n) is 3.57. The Hall–Kier alpha value is -2.58. The van der Waals surface area contributed by atoms with Crippen LogP contribution >= 0.6 is 0 Å². The van der Waals surface area contributed by atoms with Crippen LogP contribution < -0.4 is 4.90 Å². The minimum Gasteiger partial charge on any atom is -0.361 e. The van der Waals surface area contributed by atoms with Gasteiger partial charge in [0.15, 0.2) is 22.8 Å². The number of hydrogen-bond acceptors (Lipinski definition) is 7. The third kappa shape index (κ3) is 2.01. The number of imidazole rings is 1. The van der Waals surface area contributed by atoms with E-state index in [1.54, 1.807) is 12.7 Å². The van der Waals surface area contributed by atoms with Crippen LogP contribution in [0.5, 0.6) is 0 Å². The molecule has 0 radical (unpaired) electrons. The molecule has 0 aliphatic heterocycles. The zero-order valence-electron chi connectivity index (χ0n) is 11.9. The Kier molecular flexibility index (Phi) is 2.59. The summed E-state index contributed by atoms with van der Waals surface area (Å²) in [7, 11) is 3.88. The van der Waals surface area contributed by atoms with E-state index in [4.69, 9.17) is 0 Å². The van der Waals surface area contributed by atoms with Crippen LogP contribution in [0, 0.1) is 0 Å². The lowest BCUT2D eigenvalue weighted by atomic mass is 10.4. The van der Waals surface area contributed by atoms with Crippen molar-refractivity contribution in [3.05, 3.63) is 18.5 Å². The Bertz CT molecular complexity index is 783. The van der Waals surface area contributed by atoms with E-state index in [0.717, 1.165) is 35.6 Å². The van der Waals surface area contributed by atoms with Crippen molar-refractivity contribution >= 4 is 17.0 Å². The second-order valence-corrected chi connectivity index (χ2v) is 5.41. The van der Waals surface area contributed by atoms with Crippen molar-refractivity contribution in [2.75, 3.05) is 19.0 Å². The van der Waals surface area contributed by atoms with Gasteiger partial charge in [-0.3, -0.25) is 0 Å². The van der Waals surface area contributed by atoms with E-state index < -0.39 is 0 Å². The van der Waals surface area contributed by atoms with Gasteiger partial charge in [-0.25, -0.2) is 19.6 Å². The van der Waals surface area contributed by atoms with Crippen molar-refractivity contribution in [3.8, 4) is 0 Å². The Morgan fingerprint density at radius 1 is 1.24 bits per heavy atom. The van der Waals surface area contributed by atoms with Crippen molar-refractivity contribution in [2.45, 2.75) is 25.4 Å². The molecule has 3 aromatic rings. The monoisotopic (exact) mass is 285 g/mol. The highest BCUT2D eigenvalue weighted by atomic mass is 15.6. The predicted molar refractivity (Wildman–Crippen MR) is 74.8 cm³/mol. The summed E-state index contributed by atoms with van der Waals surface area (Å²) in [6.45, 7) is 0.559. The van der Waals surface area contributed by atoms with Crippen LogP contribution in [0.4, 0.5) is 5.82 Å². The molecule has 1 aliphatic carbocycles. The SMILES string of the molecule is CN(C)c1ncnc2c1ncn2Cc1nnnn1C1CC1. The molecule has 0 saturated heterocycles. The van der Waals surface area contributed by atoms with Gasteiger partial charge < -0.3 is 9.47 Å². The highest BCUT2D eigenvalue weighted by molar-refractivity contribution is 5.83. The molecule has 1 fully saturated rings. The average Bonchev–Trinajstić information content (AvgIpc) is 3.08. The molecule has 0 N–H and O–H groups in total. The summed E-state index contributed by atoms with van der Waals surface area (Å²) in [6, 6.07) is 0.455. The molecule has 3 aromatic heterocycles. The summed E-state index contributed by atoms with van der Waals surface area (Å²) >= 11 is 0. The predicted octanol–water partition coefficient (Wildman–Crippen LogP) is 0.262. The van der Waals surface area contributed by atoms with Crippen molar-refractivity contribution < 1.29 is 0 Å². The summed E-state index contributed by atoms with van der Waals surface area (Å²) in [6.07, 6.45) is 5.61. The van der Waals surface area contributed by atoms with Crippen LogP contribution in [0.3, 0.4) is 0 Å². The van der Waals surface area contributed by atoms with Gasteiger partial charge in [0, 0.05) is 14.1 Å². The molecular weight excluding hydrogens is 270 g/mol. The number of hydrogen-bond donors (Lipinski definition) is 0. The van der Waals surface area contributed by atoms with Crippen LogP contribution in [-0.2, 0) is 6.54 Å². The molecule has 0 aromatic carbocycles. The van der Waals surface area contributed by atoms with Gasteiger partial charge in [0.1, 0.15) is 6.33 Å². The van der Waals surface area contributed by atoms with E-state index in [0.29, 0.717) is 12.6 Å². The quantitative estimate of drug-likeness (QED) is 0.679. The molecule has 1 aliphatic rings. The lowest BCUT2D eigenvalue weighted by molar-refractivity contribution is 0.569. The summed E-state index contributed by atoms with van der Waals surface area (Å²) in [5.41, 5.74) is 1.58. The standard InChI is InChI=1S/C12H15N9/c1-19(2)11-10-12(14-6-13-11)20(7-15-10)5-9-16-17-18-21(9)8-3-4-8/h6-8H,3-5H2,1-2H3. The first-order valence-corrected chi connectivity index (χ1v) is 6.84. The van der Waals surface area contributed by atoms with Gasteiger partial charge in [-0.1, -0.05) is 0 Å². The van der Waals surface area contributed by atoms with E-state index in [1.165, 1.54) is 0 Å². The minimum atomic E-state index is 0.455. The maximum absolute atomic E-state index is 4.43. The second kappa shape index (κ2) is 4.47. The normalized spacial score (nSPS) is 14.8. The Balaban J connectivity index is 1.74. The van der Waals surface area contributed by atoms with Crippen molar-refractivity contribution in [2.24, 2.45) is 0 Å². The Morgan fingerprint density at radius 2 is 2.10 bits per heavy atom. The number of nitrogens with zero attached hydrogens (tertiary/aromatic N) is 9. The lowest BCUT2D eigenvalue weighted by Crippen LogP contribution is -2.12. The number of fused-ring (bicyclic) bond motifs is 1. The van der Waals surface area contributed by atoms with Gasteiger partial charge in [0.05, 0.1) is 18.9 Å². The fraction of sp³-hybridized carbons (Fsp3) is 0.500. The largest absolute Gasteiger partial charge is 0.361 e. The van der Waals surface area contributed by atoms with Crippen LogP contribution in [0.25, 0.3) is 11.2 Å². The number of aromatic nitrogens is 8. The minimum absolute atomic E-state index is 0.455. The topological polar surface area (TPSA) is 90.4 Å². The molecule has 0 amide bonds. The summed E-state index contributed by atoms with van der Waals surface area (Å²) in [4.78, 5) is 15.0. The number of tetrazole rings is 1. The van der Waals surface area contributed by atoms with Crippen LogP contribution in [-0.4, -0.2) is 53.8 Å². The Labute approximate surface area is 120 Å². The van der Waals surface area contributed by atoms with Crippen LogP contribution in [0.15, 0.2) is 12.7 Å². The van der Waals surface area contributed by atoms with Gasteiger partial charge in [-0.05, 0) is 23.3 Å². The molecule has 108 valence electrons. The smallest absolute Gasteiger partial charge is 0.171 e. The van der Waals surface area contributed by atoms with Gasteiger partial charge in [0.25, 0.3) is 0 Å². The molecule has 21 heavy (non-hydrogen) atoms. The second-order valence-electron chi connectivity index (χ2n) is 5.41. The molecule has 0 atom stereocenters. The highest BCUT2D eigenvalue weighted by Gasteiger charge is 2.28. The molecule has 9 heteroatoms. The lowest BCUT2D eigenvalue weighted by Gasteiger charge is -2.10. The maximum atomic E-state index is 4.43. The molecule has 0 spiro atoms. The Morgan fingerprint density at radius 3 is 2.86 bits per heavy atom.